The molecule has 0 aliphatic rings. The molecule has 8 heteroatoms. The van der Waals surface area contributed by atoms with Crippen LogP contribution in [0.3, 0.4) is 0 Å². The number of thiophene rings is 1. The Balaban J connectivity index is 1.39. The number of nitrogens with zero attached hydrogens (tertiary/aromatic N) is 2. The van der Waals surface area contributed by atoms with Crippen molar-refractivity contribution < 1.29 is 14.3 Å². The molecule has 2 N–H and O–H groups in total. The van der Waals surface area contributed by atoms with Gasteiger partial charge in [0.15, 0.2) is 6.61 Å². The van der Waals surface area contributed by atoms with Gasteiger partial charge in [-0.25, -0.2) is 9.97 Å². The quantitative estimate of drug-likeness (QED) is 0.450. The fourth-order valence-electron chi connectivity index (χ4n) is 3.50. The van der Waals surface area contributed by atoms with E-state index in [9.17, 15) is 9.59 Å². The Bertz CT molecular complexity index is 1300. The lowest BCUT2D eigenvalue weighted by atomic mass is 10.1. The number of aryl methyl sites for hydroxylation is 3. The summed E-state index contributed by atoms with van der Waals surface area (Å²) in [5, 5.41) is 0.873. The predicted molar refractivity (Wildman–Crippen MR) is 125 cm³/mol. The number of ether oxygens (including phenoxy) is 1. The van der Waals surface area contributed by atoms with Gasteiger partial charge in [0.25, 0.3) is 11.8 Å². The molecule has 0 bridgehead atoms. The summed E-state index contributed by atoms with van der Waals surface area (Å²) in [4.78, 5) is 35.0. The normalized spacial score (nSPS) is 10.7. The number of carbonyl (C=O) groups excluding carboxylic acids is 2. The number of para-hydroxylation sites is 1. The van der Waals surface area contributed by atoms with E-state index in [0.717, 1.165) is 32.6 Å². The smallest absolute Gasteiger partial charge is 0.280 e. The van der Waals surface area contributed by atoms with Gasteiger partial charge in [-0.1, -0.05) is 48.5 Å². The molecule has 0 atom stereocenters. The summed E-state index contributed by atoms with van der Waals surface area (Å²) >= 11 is 1.28. The van der Waals surface area contributed by atoms with Gasteiger partial charge in [0.1, 0.15) is 16.4 Å². The number of hydrogen-bond acceptors (Lipinski definition) is 6. The molecule has 0 fully saturated rings. The highest BCUT2D eigenvalue weighted by Crippen LogP contribution is 2.31. The van der Waals surface area contributed by atoms with Gasteiger partial charge in [-0.05, 0) is 38.0 Å². The third-order valence-corrected chi connectivity index (χ3v) is 6.12. The van der Waals surface area contributed by atoms with E-state index in [1.165, 1.54) is 11.3 Å². The molecule has 2 amide bonds. The second-order valence-corrected chi connectivity index (χ2v) is 8.24. The van der Waals surface area contributed by atoms with Gasteiger partial charge in [0, 0.05) is 16.6 Å². The van der Waals surface area contributed by atoms with E-state index in [2.05, 4.69) is 20.8 Å². The minimum Gasteiger partial charge on any atom is -0.483 e. The molecular weight excluding hydrogens is 424 g/mol. The van der Waals surface area contributed by atoms with Gasteiger partial charge < -0.3 is 4.74 Å². The number of carbonyl (C=O) groups is 2. The zero-order valence-corrected chi connectivity index (χ0v) is 18.7. The van der Waals surface area contributed by atoms with E-state index in [0.29, 0.717) is 16.5 Å². The lowest BCUT2D eigenvalue weighted by Gasteiger charge is -2.12. The van der Waals surface area contributed by atoms with Crippen molar-refractivity contribution in [2.45, 2.75) is 20.8 Å². The monoisotopic (exact) mass is 446 g/mol. The summed E-state index contributed by atoms with van der Waals surface area (Å²) in [6, 6.07) is 17.3. The largest absolute Gasteiger partial charge is 0.483 e. The topological polar surface area (TPSA) is 93.2 Å². The molecule has 0 aliphatic heterocycles. The average Bonchev–Trinajstić information content (AvgIpc) is 3.13. The molecule has 32 heavy (non-hydrogen) atoms. The zero-order valence-electron chi connectivity index (χ0n) is 17.9. The molecule has 4 aromatic rings. The minimum absolute atomic E-state index is 0.237. The van der Waals surface area contributed by atoms with E-state index in [-0.39, 0.29) is 6.61 Å². The maximum atomic E-state index is 12.6. The van der Waals surface area contributed by atoms with E-state index in [4.69, 9.17) is 4.74 Å². The maximum absolute atomic E-state index is 12.6. The SMILES string of the molecule is Cc1nc(C)c2c(C)c(C(=O)NNC(=O)COc3ccccc3-c3ccccc3)sc2n1. The molecule has 2 aromatic heterocycles. The molecule has 2 aromatic carbocycles. The van der Waals surface area contributed by atoms with Crippen LogP contribution in [0.4, 0.5) is 0 Å². The molecule has 0 saturated heterocycles. The molecule has 7 nitrogen and oxygen atoms in total. The van der Waals surface area contributed by atoms with Gasteiger partial charge >= 0.3 is 0 Å². The third kappa shape index (κ3) is 4.45. The fourth-order valence-corrected chi connectivity index (χ4v) is 4.67. The number of hydrazine groups is 1. The number of hydrogen-bond donors (Lipinski definition) is 2. The van der Waals surface area contributed by atoms with E-state index in [1.807, 2.05) is 69.3 Å². The van der Waals surface area contributed by atoms with Crippen LogP contribution in [0.5, 0.6) is 5.75 Å². The Hall–Kier alpha value is -3.78. The summed E-state index contributed by atoms with van der Waals surface area (Å²) in [6.07, 6.45) is 0. The number of fused-ring (bicyclic) bond motifs is 1. The van der Waals surface area contributed by atoms with Crippen LogP contribution < -0.4 is 15.6 Å². The first-order valence-corrected chi connectivity index (χ1v) is 10.9. The van der Waals surface area contributed by atoms with Crippen LogP contribution in [0, 0.1) is 20.8 Å². The first-order valence-electron chi connectivity index (χ1n) is 10.0. The van der Waals surface area contributed by atoms with Crippen molar-refractivity contribution in [2.75, 3.05) is 6.61 Å². The standard InChI is InChI=1S/C24H22N4O3S/c1-14-21-15(2)25-16(3)26-24(21)32-22(14)23(30)28-27-20(29)13-31-19-12-8-7-11-18(19)17-9-5-4-6-10-17/h4-12H,13H2,1-3H3,(H,27,29)(H,28,30). The number of aromatic nitrogens is 2. The molecular formula is C24H22N4O3S. The molecule has 0 radical (unpaired) electrons. The van der Waals surface area contributed by atoms with Crippen LogP contribution in [0.15, 0.2) is 54.6 Å². The summed E-state index contributed by atoms with van der Waals surface area (Å²) in [5.41, 5.74) is 8.38. The fraction of sp³-hybridized carbons (Fsp3) is 0.167. The summed E-state index contributed by atoms with van der Waals surface area (Å²) in [5.74, 6) is 0.377. The third-order valence-electron chi connectivity index (χ3n) is 4.94. The molecule has 0 unspecified atom stereocenters. The highest BCUT2D eigenvalue weighted by molar-refractivity contribution is 7.20. The highest BCUT2D eigenvalue weighted by Gasteiger charge is 2.19. The molecule has 162 valence electrons. The first kappa shape index (κ1) is 21.5. The molecule has 4 rings (SSSR count). The van der Waals surface area contributed by atoms with Crippen molar-refractivity contribution >= 4 is 33.4 Å². The number of nitrogens with one attached hydrogen (secondary N) is 2. The summed E-state index contributed by atoms with van der Waals surface area (Å²) in [6.45, 7) is 5.33. The van der Waals surface area contributed by atoms with Crippen molar-refractivity contribution in [2.24, 2.45) is 0 Å². The van der Waals surface area contributed by atoms with E-state index in [1.54, 1.807) is 6.07 Å². The summed E-state index contributed by atoms with van der Waals surface area (Å²) < 4.78 is 5.71. The van der Waals surface area contributed by atoms with E-state index >= 15 is 0 Å². The summed E-state index contributed by atoms with van der Waals surface area (Å²) in [7, 11) is 0. The molecule has 2 heterocycles. The van der Waals surface area contributed by atoms with Crippen LogP contribution in [-0.2, 0) is 4.79 Å². The van der Waals surface area contributed by atoms with Crippen LogP contribution >= 0.6 is 11.3 Å². The Kier molecular flexibility index (Phi) is 6.13. The lowest BCUT2D eigenvalue weighted by Crippen LogP contribution is -2.43. The average molecular weight is 447 g/mol. The van der Waals surface area contributed by atoms with Gasteiger partial charge in [-0.15, -0.1) is 11.3 Å². The molecule has 0 spiro atoms. The van der Waals surface area contributed by atoms with Gasteiger partial charge in [0.05, 0.1) is 4.88 Å². The van der Waals surface area contributed by atoms with Crippen molar-refractivity contribution in [1.82, 2.24) is 20.8 Å². The van der Waals surface area contributed by atoms with Crippen LogP contribution in [0.2, 0.25) is 0 Å². The van der Waals surface area contributed by atoms with Crippen molar-refractivity contribution in [1.29, 1.82) is 0 Å². The van der Waals surface area contributed by atoms with E-state index < -0.39 is 11.8 Å². The van der Waals surface area contributed by atoms with Crippen molar-refractivity contribution in [3.8, 4) is 16.9 Å². The molecule has 0 aliphatic carbocycles. The van der Waals surface area contributed by atoms with Crippen LogP contribution in [0.25, 0.3) is 21.3 Å². The zero-order chi connectivity index (χ0) is 22.7. The minimum atomic E-state index is -0.466. The molecule has 0 saturated carbocycles. The number of benzene rings is 2. The lowest BCUT2D eigenvalue weighted by molar-refractivity contribution is -0.123. The Morgan fingerprint density at radius 1 is 0.938 bits per heavy atom. The Morgan fingerprint density at radius 2 is 1.66 bits per heavy atom. The van der Waals surface area contributed by atoms with Crippen molar-refractivity contribution in [3.63, 3.8) is 0 Å². The first-order chi connectivity index (χ1) is 15.4. The number of rotatable bonds is 5. The Morgan fingerprint density at radius 3 is 2.44 bits per heavy atom. The maximum Gasteiger partial charge on any atom is 0.280 e. The van der Waals surface area contributed by atoms with Gasteiger partial charge in [-0.2, -0.15) is 0 Å². The van der Waals surface area contributed by atoms with Gasteiger partial charge in [0.2, 0.25) is 0 Å². The highest BCUT2D eigenvalue weighted by atomic mass is 32.1. The second kappa shape index (κ2) is 9.15. The predicted octanol–water partition coefficient (Wildman–Crippen LogP) is 4.12. The van der Waals surface area contributed by atoms with Crippen molar-refractivity contribution in [3.05, 3.63) is 76.6 Å². The van der Waals surface area contributed by atoms with Crippen LogP contribution in [-0.4, -0.2) is 28.4 Å². The van der Waals surface area contributed by atoms with Gasteiger partial charge in [-0.3, -0.25) is 20.4 Å². The number of amides is 2. The Labute approximate surface area is 189 Å². The van der Waals surface area contributed by atoms with Crippen LogP contribution in [0.1, 0.15) is 26.8 Å². The second-order valence-electron chi connectivity index (χ2n) is 7.25.